The fourth-order valence-corrected chi connectivity index (χ4v) is 4.78. The average Bonchev–Trinajstić information content (AvgIpc) is 3.19. The summed E-state index contributed by atoms with van der Waals surface area (Å²) in [5, 5.41) is 25.6. The van der Waals surface area contributed by atoms with Gasteiger partial charge < -0.3 is 20.1 Å². The molecule has 0 saturated heterocycles. The van der Waals surface area contributed by atoms with E-state index in [0.29, 0.717) is 19.6 Å². The van der Waals surface area contributed by atoms with Crippen molar-refractivity contribution in [3.05, 3.63) is 97.1 Å². The summed E-state index contributed by atoms with van der Waals surface area (Å²) in [4.78, 5) is 0. The van der Waals surface area contributed by atoms with Gasteiger partial charge in [0.15, 0.2) is 0 Å². The van der Waals surface area contributed by atoms with Crippen LogP contribution in [0.15, 0.2) is 97.1 Å². The standard InChI is InChI=1S/C29H28N2O2/c32-18-17-30-19-24(33)20-31-28(23-12-5-2-6-13-23)27(22-10-3-1-4-11-22)26-16-15-21-9-7-8-14-25(21)29(26)31/h1-16,24,30,32-33H,17-20H2/p+1/t24-/m1/s1. The topological polar surface area (TPSA) is 62.0 Å². The van der Waals surface area contributed by atoms with Gasteiger partial charge in [0.05, 0.1) is 30.9 Å². The van der Waals surface area contributed by atoms with E-state index in [0.717, 1.165) is 22.3 Å². The lowest BCUT2D eigenvalue weighted by atomic mass is 9.97. The lowest BCUT2D eigenvalue weighted by Gasteiger charge is -2.17. The zero-order valence-corrected chi connectivity index (χ0v) is 18.6. The van der Waals surface area contributed by atoms with Gasteiger partial charge in [0.2, 0.25) is 0 Å². The van der Waals surface area contributed by atoms with Crippen molar-refractivity contribution in [1.82, 2.24) is 4.57 Å². The molecule has 0 aliphatic carbocycles. The van der Waals surface area contributed by atoms with Crippen molar-refractivity contribution in [2.75, 3.05) is 19.7 Å². The third-order valence-corrected chi connectivity index (χ3v) is 6.22. The quantitative estimate of drug-likeness (QED) is 0.321. The Bertz CT molecular complexity index is 1360. The van der Waals surface area contributed by atoms with Crippen LogP contribution in [0.1, 0.15) is 0 Å². The number of aliphatic hydroxyl groups is 2. The molecule has 0 fully saturated rings. The Morgan fingerprint density at radius 1 is 0.727 bits per heavy atom. The Morgan fingerprint density at radius 3 is 2.12 bits per heavy atom. The Balaban J connectivity index is 1.82. The summed E-state index contributed by atoms with van der Waals surface area (Å²) in [6.07, 6.45) is -0.544. The second-order valence-electron chi connectivity index (χ2n) is 8.44. The second kappa shape index (κ2) is 9.59. The van der Waals surface area contributed by atoms with Crippen LogP contribution in [-0.4, -0.2) is 40.6 Å². The lowest BCUT2D eigenvalue weighted by molar-refractivity contribution is -0.662. The number of rotatable bonds is 8. The van der Waals surface area contributed by atoms with Crippen LogP contribution in [0.2, 0.25) is 0 Å². The van der Waals surface area contributed by atoms with E-state index in [9.17, 15) is 5.11 Å². The van der Waals surface area contributed by atoms with Gasteiger partial charge in [0, 0.05) is 16.3 Å². The van der Waals surface area contributed by atoms with Crippen molar-refractivity contribution in [2.24, 2.45) is 0 Å². The van der Waals surface area contributed by atoms with E-state index in [1.165, 1.54) is 21.7 Å². The minimum absolute atomic E-state index is 0.108. The maximum atomic E-state index is 11.0. The first-order chi connectivity index (χ1) is 16.3. The molecule has 1 aromatic heterocycles. The van der Waals surface area contributed by atoms with Crippen molar-refractivity contribution in [3.8, 4) is 22.4 Å². The third kappa shape index (κ3) is 4.16. The van der Waals surface area contributed by atoms with Gasteiger partial charge in [-0.3, -0.25) is 0 Å². The summed E-state index contributed by atoms with van der Waals surface area (Å²) >= 11 is 0. The Hall–Kier alpha value is -3.44. The average molecular weight is 438 g/mol. The number of aliphatic hydroxyl groups excluding tert-OH is 2. The summed E-state index contributed by atoms with van der Waals surface area (Å²) in [5.74, 6) is 0. The van der Waals surface area contributed by atoms with E-state index in [-0.39, 0.29) is 6.61 Å². The van der Waals surface area contributed by atoms with E-state index in [1.54, 1.807) is 0 Å². The van der Waals surface area contributed by atoms with Gasteiger partial charge in [0.25, 0.3) is 0 Å². The molecule has 0 radical (unpaired) electrons. The number of hydrogen-bond acceptors (Lipinski definition) is 2. The van der Waals surface area contributed by atoms with Crippen molar-refractivity contribution in [1.29, 1.82) is 0 Å². The third-order valence-electron chi connectivity index (χ3n) is 6.22. The second-order valence-corrected chi connectivity index (χ2v) is 8.44. The Kier molecular flexibility index (Phi) is 6.22. The smallest absolute Gasteiger partial charge is 0.121 e. The molecule has 33 heavy (non-hydrogen) atoms. The zero-order chi connectivity index (χ0) is 22.6. The number of hydrogen-bond donors (Lipinski definition) is 3. The summed E-state index contributed by atoms with van der Waals surface area (Å²) in [6, 6.07) is 33.8. The van der Waals surface area contributed by atoms with Crippen LogP contribution < -0.4 is 5.32 Å². The largest absolute Gasteiger partial charge is 0.391 e. The molecule has 0 aliphatic heterocycles. The summed E-state index contributed by atoms with van der Waals surface area (Å²) < 4.78 is 2.30. The number of aromatic nitrogens is 1. The van der Waals surface area contributed by atoms with Crippen molar-refractivity contribution < 1.29 is 15.5 Å². The number of fused-ring (bicyclic) bond motifs is 3. The molecule has 4 N–H and O–H groups in total. The molecule has 0 saturated carbocycles. The molecule has 0 aliphatic rings. The molecular formula is C29H29N2O2+. The highest BCUT2D eigenvalue weighted by Crippen LogP contribution is 2.43. The van der Waals surface area contributed by atoms with Crippen molar-refractivity contribution >= 4 is 21.7 Å². The first-order valence-electron chi connectivity index (χ1n) is 11.5. The van der Waals surface area contributed by atoms with Gasteiger partial charge in [-0.05, 0) is 16.5 Å². The van der Waals surface area contributed by atoms with Crippen LogP contribution in [0.5, 0.6) is 0 Å². The van der Waals surface area contributed by atoms with Crippen LogP contribution in [-0.2, 0) is 6.54 Å². The lowest BCUT2D eigenvalue weighted by Crippen LogP contribution is -2.87. The molecular weight excluding hydrogens is 408 g/mol. The van der Waals surface area contributed by atoms with Crippen LogP contribution in [0.25, 0.3) is 44.1 Å². The maximum absolute atomic E-state index is 11.0. The van der Waals surface area contributed by atoms with Gasteiger partial charge in [-0.25, -0.2) is 0 Å². The van der Waals surface area contributed by atoms with Gasteiger partial charge in [0.1, 0.15) is 12.6 Å². The highest BCUT2D eigenvalue weighted by atomic mass is 16.3. The molecule has 1 atom stereocenters. The zero-order valence-electron chi connectivity index (χ0n) is 18.6. The number of benzene rings is 4. The highest BCUT2D eigenvalue weighted by molar-refractivity contribution is 6.15. The predicted octanol–water partition coefficient (Wildman–Crippen LogP) is 4.05. The molecule has 0 spiro atoms. The van der Waals surface area contributed by atoms with E-state index in [4.69, 9.17) is 5.11 Å². The molecule has 5 aromatic rings. The summed E-state index contributed by atoms with van der Waals surface area (Å²) in [6.45, 7) is 1.72. The van der Waals surface area contributed by atoms with Crippen LogP contribution in [0, 0.1) is 0 Å². The van der Waals surface area contributed by atoms with E-state index < -0.39 is 6.10 Å². The SMILES string of the molecule is OCC[NH2+]C[C@@H](O)Cn1c(-c2ccccc2)c(-c2ccccc2)c2ccc3ccccc3c21. The van der Waals surface area contributed by atoms with Crippen LogP contribution in [0.4, 0.5) is 0 Å². The molecule has 166 valence electrons. The molecule has 0 unspecified atom stereocenters. The molecule has 5 rings (SSSR count). The Morgan fingerprint density at radius 2 is 1.39 bits per heavy atom. The molecule has 4 heteroatoms. The van der Waals surface area contributed by atoms with Gasteiger partial charge in [-0.1, -0.05) is 97.1 Å². The first-order valence-corrected chi connectivity index (χ1v) is 11.5. The van der Waals surface area contributed by atoms with Gasteiger partial charge >= 0.3 is 0 Å². The first kappa shape index (κ1) is 21.4. The molecule has 1 heterocycles. The Labute approximate surface area is 193 Å². The van der Waals surface area contributed by atoms with Crippen LogP contribution in [0.3, 0.4) is 0 Å². The molecule has 0 bridgehead atoms. The predicted molar refractivity (Wildman–Crippen MR) is 135 cm³/mol. The minimum Gasteiger partial charge on any atom is -0.391 e. The fraction of sp³-hybridized carbons (Fsp3) is 0.172. The molecule has 4 aromatic carbocycles. The van der Waals surface area contributed by atoms with Gasteiger partial charge in [-0.2, -0.15) is 0 Å². The minimum atomic E-state index is -0.544. The van der Waals surface area contributed by atoms with Crippen molar-refractivity contribution in [2.45, 2.75) is 12.6 Å². The summed E-state index contributed by atoms with van der Waals surface area (Å²) in [7, 11) is 0. The van der Waals surface area contributed by atoms with E-state index in [1.807, 2.05) is 17.4 Å². The number of nitrogens with zero attached hydrogens (tertiary/aromatic N) is 1. The van der Waals surface area contributed by atoms with Crippen molar-refractivity contribution in [3.63, 3.8) is 0 Å². The molecule has 0 amide bonds. The summed E-state index contributed by atoms with van der Waals surface area (Å²) in [5.41, 5.74) is 5.75. The van der Waals surface area contributed by atoms with E-state index in [2.05, 4.69) is 89.5 Å². The number of nitrogens with two attached hydrogens (primary N) is 1. The number of quaternary nitrogens is 1. The normalized spacial score (nSPS) is 12.4. The maximum Gasteiger partial charge on any atom is 0.121 e. The fourth-order valence-electron chi connectivity index (χ4n) is 4.78. The van der Waals surface area contributed by atoms with E-state index >= 15 is 0 Å². The molecule has 4 nitrogen and oxygen atoms in total. The highest BCUT2D eigenvalue weighted by Gasteiger charge is 2.23. The van der Waals surface area contributed by atoms with Gasteiger partial charge in [-0.15, -0.1) is 0 Å². The van der Waals surface area contributed by atoms with Crippen LogP contribution >= 0.6 is 0 Å². The monoisotopic (exact) mass is 437 g/mol.